The molecule has 7 nitrogen and oxygen atoms in total. The number of nitrogens with zero attached hydrogens (tertiary/aromatic N) is 5. The summed E-state index contributed by atoms with van der Waals surface area (Å²) in [6.07, 6.45) is 2.99. The summed E-state index contributed by atoms with van der Waals surface area (Å²) in [5.74, 6) is 0. The number of nitrogens with two attached hydrogens (primary N) is 1. The monoisotopic (exact) mass is 498 g/mol. The third kappa shape index (κ3) is 6.00. The molecule has 2 aliphatic rings. The van der Waals surface area contributed by atoms with Crippen LogP contribution in [-0.4, -0.2) is 56.3 Å². The lowest BCUT2D eigenvalue weighted by Crippen LogP contribution is -2.46. The Morgan fingerprint density at radius 2 is 1.38 bits per heavy atom. The number of nitrogen functional groups attached to an aromatic ring is 1. The lowest BCUT2D eigenvalue weighted by Gasteiger charge is -2.37. The van der Waals surface area contributed by atoms with Crippen LogP contribution < -0.4 is 20.4 Å². The molecular weight excluding hydrogens is 460 g/mol. The molecule has 2 N–H and O–H groups in total. The van der Waals surface area contributed by atoms with E-state index < -0.39 is 0 Å². The molecule has 3 aromatic carbocycles. The van der Waals surface area contributed by atoms with Crippen LogP contribution in [0.25, 0.3) is 0 Å². The molecular formula is C30H38N6O. The van der Waals surface area contributed by atoms with Gasteiger partial charge in [0.05, 0.1) is 18.8 Å². The molecule has 2 heterocycles. The molecule has 3 aromatic rings. The Bertz CT molecular complexity index is 1140. The van der Waals surface area contributed by atoms with Gasteiger partial charge in [0.25, 0.3) is 0 Å². The molecule has 0 aliphatic carbocycles. The van der Waals surface area contributed by atoms with Gasteiger partial charge in [0.2, 0.25) is 0 Å². The van der Waals surface area contributed by atoms with Gasteiger partial charge in [0.15, 0.2) is 0 Å². The summed E-state index contributed by atoms with van der Waals surface area (Å²) in [5.41, 5.74) is 11.5. The van der Waals surface area contributed by atoms with E-state index in [1.165, 1.54) is 16.9 Å². The number of benzene rings is 3. The molecule has 1 saturated heterocycles. The first-order valence-electron chi connectivity index (χ1n) is 13.3. The molecule has 1 fully saturated rings. The van der Waals surface area contributed by atoms with Gasteiger partial charge in [-0.1, -0.05) is 37.3 Å². The van der Waals surface area contributed by atoms with E-state index >= 15 is 0 Å². The zero-order valence-electron chi connectivity index (χ0n) is 21.9. The third-order valence-electron chi connectivity index (χ3n) is 7.42. The van der Waals surface area contributed by atoms with Crippen molar-refractivity contribution in [2.45, 2.75) is 39.0 Å². The van der Waals surface area contributed by atoms with Crippen LogP contribution in [0, 0.1) is 0 Å². The van der Waals surface area contributed by atoms with Crippen molar-refractivity contribution >= 4 is 29.1 Å². The molecule has 7 heteroatoms. The van der Waals surface area contributed by atoms with Crippen LogP contribution >= 0.6 is 0 Å². The fourth-order valence-corrected chi connectivity index (χ4v) is 5.16. The number of hydrogen-bond donors (Lipinski definition) is 1. The van der Waals surface area contributed by atoms with E-state index in [9.17, 15) is 0 Å². The fourth-order valence-electron chi connectivity index (χ4n) is 5.16. The number of hydrazone groups is 1. The summed E-state index contributed by atoms with van der Waals surface area (Å²) >= 11 is 0. The summed E-state index contributed by atoms with van der Waals surface area (Å²) in [6.45, 7) is 9.71. The largest absolute Gasteiger partial charge is 0.399 e. The maximum atomic E-state index is 6.21. The number of rotatable bonds is 9. The third-order valence-corrected chi connectivity index (χ3v) is 7.42. The average Bonchev–Trinajstić information content (AvgIpc) is 3.43. The van der Waals surface area contributed by atoms with Gasteiger partial charge >= 0.3 is 0 Å². The zero-order chi connectivity index (χ0) is 25.6. The second-order valence-electron chi connectivity index (χ2n) is 9.84. The molecule has 37 heavy (non-hydrogen) atoms. The van der Waals surface area contributed by atoms with E-state index in [2.05, 4.69) is 94.2 Å². The van der Waals surface area contributed by atoms with E-state index in [1.54, 1.807) is 0 Å². The maximum Gasteiger partial charge on any atom is 0.117 e. The molecule has 0 saturated carbocycles. The van der Waals surface area contributed by atoms with Crippen LogP contribution in [0.15, 0.2) is 84.0 Å². The van der Waals surface area contributed by atoms with Crippen LogP contribution in [-0.2, 0) is 11.3 Å². The van der Waals surface area contributed by atoms with Crippen molar-refractivity contribution in [1.29, 1.82) is 0 Å². The summed E-state index contributed by atoms with van der Waals surface area (Å²) in [6, 6.07) is 27.6. The Morgan fingerprint density at radius 3 is 1.97 bits per heavy atom. The number of piperazine rings is 1. The molecule has 0 amide bonds. The quantitative estimate of drug-likeness (QED) is 0.419. The molecule has 0 aromatic heterocycles. The van der Waals surface area contributed by atoms with Gasteiger partial charge in [0.1, 0.15) is 13.0 Å². The number of ether oxygens (including phenoxy) is 1. The maximum absolute atomic E-state index is 6.21. The van der Waals surface area contributed by atoms with Crippen molar-refractivity contribution in [1.82, 2.24) is 5.01 Å². The van der Waals surface area contributed by atoms with E-state index in [0.717, 1.165) is 50.6 Å². The van der Waals surface area contributed by atoms with Gasteiger partial charge < -0.3 is 25.2 Å². The lowest BCUT2D eigenvalue weighted by molar-refractivity contribution is -0.0110. The smallest absolute Gasteiger partial charge is 0.117 e. The van der Waals surface area contributed by atoms with Crippen LogP contribution in [0.1, 0.15) is 25.8 Å². The van der Waals surface area contributed by atoms with E-state index in [0.29, 0.717) is 6.61 Å². The van der Waals surface area contributed by atoms with Gasteiger partial charge in [0, 0.05) is 48.9 Å². The van der Waals surface area contributed by atoms with Gasteiger partial charge in [-0.15, -0.1) is 0 Å². The highest BCUT2D eigenvalue weighted by Gasteiger charge is 2.27. The summed E-state index contributed by atoms with van der Waals surface area (Å²) in [5, 5.41) is 6.88. The van der Waals surface area contributed by atoms with Crippen molar-refractivity contribution < 1.29 is 4.74 Å². The summed E-state index contributed by atoms with van der Waals surface area (Å²) in [7, 11) is 0. The van der Waals surface area contributed by atoms with Crippen LogP contribution in [0.3, 0.4) is 0 Å². The zero-order valence-corrected chi connectivity index (χ0v) is 21.9. The van der Waals surface area contributed by atoms with Crippen LogP contribution in [0.4, 0.5) is 22.7 Å². The average molecular weight is 499 g/mol. The fraction of sp³-hybridized carbons (Fsp3) is 0.367. The van der Waals surface area contributed by atoms with Crippen molar-refractivity contribution in [2.75, 3.05) is 53.3 Å². The van der Waals surface area contributed by atoms with Gasteiger partial charge in [-0.2, -0.15) is 5.10 Å². The Labute approximate surface area is 220 Å². The summed E-state index contributed by atoms with van der Waals surface area (Å²) < 4.78 is 6.21. The molecule has 0 unspecified atom stereocenters. The SMILES string of the molecule is CC[C@@H]([C@H](C)OCc1ccccc1)N1CN(c2ccc(N3CCN(c4ccc(N)cc4)CC3)cc2)C=N1. The van der Waals surface area contributed by atoms with Crippen molar-refractivity contribution in [3.63, 3.8) is 0 Å². The highest BCUT2D eigenvalue weighted by Crippen LogP contribution is 2.26. The van der Waals surface area contributed by atoms with Crippen LogP contribution in [0.2, 0.25) is 0 Å². The predicted octanol–water partition coefficient (Wildman–Crippen LogP) is 5.00. The Hall–Kier alpha value is -3.71. The summed E-state index contributed by atoms with van der Waals surface area (Å²) in [4.78, 5) is 7.09. The van der Waals surface area contributed by atoms with Gasteiger partial charge in [-0.05, 0) is 67.4 Å². The molecule has 2 atom stereocenters. The predicted molar refractivity (Wildman–Crippen MR) is 154 cm³/mol. The number of anilines is 4. The first-order valence-corrected chi connectivity index (χ1v) is 13.3. The molecule has 2 aliphatic heterocycles. The van der Waals surface area contributed by atoms with Gasteiger partial charge in [-0.3, -0.25) is 5.01 Å². The highest BCUT2D eigenvalue weighted by atomic mass is 16.5. The standard InChI is InChI=1S/C30H38N6O/c1-3-30(24(2)37-21-25-7-5-4-6-8-25)36-23-35(22-32-36)29-15-13-28(14-16-29)34-19-17-33(18-20-34)27-11-9-26(31)10-12-27/h4-16,22,24,30H,3,17-21,23,31H2,1-2H3/t24-,30-/m0/s1. The van der Waals surface area contributed by atoms with E-state index in [-0.39, 0.29) is 12.1 Å². The van der Waals surface area contributed by atoms with E-state index in [1.807, 2.05) is 24.5 Å². The highest BCUT2D eigenvalue weighted by molar-refractivity contribution is 5.80. The molecule has 0 bridgehead atoms. The van der Waals surface area contributed by atoms with Crippen molar-refractivity contribution in [2.24, 2.45) is 5.10 Å². The van der Waals surface area contributed by atoms with Crippen molar-refractivity contribution in [3.05, 3.63) is 84.4 Å². The Morgan fingerprint density at radius 1 is 0.811 bits per heavy atom. The molecule has 0 radical (unpaired) electrons. The minimum atomic E-state index is 0.0802. The number of hydrogen-bond acceptors (Lipinski definition) is 7. The van der Waals surface area contributed by atoms with E-state index in [4.69, 9.17) is 15.6 Å². The Balaban J connectivity index is 1.13. The first kappa shape index (κ1) is 25.0. The molecule has 194 valence electrons. The second-order valence-corrected chi connectivity index (χ2v) is 9.84. The Kier molecular flexibility index (Phi) is 7.80. The second kappa shape index (κ2) is 11.6. The normalized spacial score (nSPS) is 17.4. The lowest BCUT2D eigenvalue weighted by atomic mass is 10.1. The minimum Gasteiger partial charge on any atom is -0.399 e. The minimum absolute atomic E-state index is 0.0802. The molecule has 5 rings (SSSR count). The van der Waals surface area contributed by atoms with Gasteiger partial charge in [-0.25, -0.2) is 0 Å². The van der Waals surface area contributed by atoms with Crippen molar-refractivity contribution in [3.8, 4) is 0 Å². The topological polar surface area (TPSA) is 60.6 Å². The van der Waals surface area contributed by atoms with Crippen LogP contribution in [0.5, 0.6) is 0 Å². The first-order chi connectivity index (χ1) is 18.1. The molecule has 0 spiro atoms.